The van der Waals surface area contributed by atoms with Gasteiger partial charge in [-0.2, -0.15) is 0 Å². The highest BCUT2D eigenvalue weighted by atomic mass is 15.2. The van der Waals surface area contributed by atoms with Crippen LogP contribution in [0.3, 0.4) is 0 Å². The van der Waals surface area contributed by atoms with Gasteiger partial charge in [0.2, 0.25) is 0 Å². The van der Waals surface area contributed by atoms with Crippen molar-refractivity contribution in [2.24, 2.45) is 0 Å². The molecule has 2 nitrogen and oxygen atoms in total. The summed E-state index contributed by atoms with van der Waals surface area (Å²) in [5.41, 5.74) is 0. The number of piperidine rings is 1. The van der Waals surface area contributed by atoms with E-state index in [1.807, 2.05) is 0 Å². The van der Waals surface area contributed by atoms with E-state index in [4.69, 9.17) is 0 Å². The zero-order valence-corrected chi connectivity index (χ0v) is 10.5. The average Bonchev–Trinajstić information content (AvgIpc) is 3.03. The number of nitrogens with zero attached hydrogens (tertiary/aromatic N) is 1. The van der Waals surface area contributed by atoms with Crippen LogP contribution in [0.1, 0.15) is 57.8 Å². The molecule has 0 aromatic heterocycles. The van der Waals surface area contributed by atoms with Gasteiger partial charge in [-0.05, 0) is 51.6 Å². The lowest BCUT2D eigenvalue weighted by molar-refractivity contribution is 0.0754. The highest BCUT2D eigenvalue weighted by molar-refractivity contribution is 4.94. The molecule has 2 saturated heterocycles. The predicted octanol–water partition coefficient (Wildman–Crippen LogP) is 2.54. The molecule has 0 bridgehead atoms. The second-order valence-electron chi connectivity index (χ2n) is 5.94. The first-order valence-corrected chi connectivity index (χ1v) is 7.44. The Morgan fingerprint density at radius 3 is 2.38 bits per heavy atom. The first-order chi connectivity index (χ1) is 7.95. The van der Waals surface area contributed by atoms with E-state index in [0.717, 1.165) is 18.1 Å². The zero-order chi connectivity index (χ0) is 10.8. The lowest BCUT2D eigenvalue weighted by Crippen LogP contribution is -2.53. The van der Waals surface area contributed by atoms with Gasteiger partial charge in [-0.1, -0.05) is 19.3 Å². The van der Waals surface area contributed by atoms with E-state index in [-0.39, 0.29) is 0 Å². The lowest BCUT2D eigenvalue weighted by atomic mass is 9.92. The van der Waals surface area contributed by atoms with E-state index >= 15 is 0 Å². The number of hydrogen-bond donors (Lipinski definition) is 1. The van der Waals surface area contributed by atoms with Crippen molar-refractivity contribution >= 4 is 0 Å². The van der Waals surface area contributed by atoms with Crippen LogP contribution in [-0.2, 0) is 0 Å². The molecule has 1 aliphatic carbocycles. The molecule has 2 atom stereocenters. The highest BCUT2D eigenvalue weighted by Gasteiger charge is 2.35. The number of hydrogen-bond acceptors (Lipinski definition) is 2. The van der Waals surface area contributed by atoms with Crippen molar-refractivity contribution in [2.45, 2.75) is 75.9 Å². The van der Waals surface area contributed by atoms with Crippen molar-refractivity contribution in [3.8, 4) is 0 Å². The van der Waals surface area contributed by atoms with Gasteiger partial charge in [0.15, 0.2) is 0 Å². The van der Waals surface area contributed by atoms with E-state index in [1.165, 1.54) is 70.9 Å². The van der Waals surface area contributed by atoms with Crippen LogP contribution in [0, 0.1) is 0 Å². The Labute approximate surface area is 99.8 Å². The van der Waals surface area contributed by atoms with Gasteiger partial charge in [-0.3, -0.25) is 4.90 Å². The first-order valence-electron chi connectivity index (χ1n) is 7.44. The molecule has 3 aliphatic rings. The molecule has 2 aliphatic heterocycles. The molecule has 92 valence electrons. The van der Waals surface area contributed by atoms with E-state index in [2.05, 4.69) is 10.2 Å². The van der Waals surface area contributed by atoms with E-state index in [9.17, 15) is 0 Å². The first kappa shape index (κ1) is 11.0. The summed E-state index contributed by atoms with van der Waals surface area (Å²) in [7, 11) is 0. The Balaban J connectivity index is 1.67. The standard InChI is InChI=1S/C14H26N2/c1-2-7-12(6-1)16-11-4-3-9-14(16)13-8-5-10-15-13/h12-15H,1-11H2. The monoisotopic (exact) mass is 222 g/mol. The maximum atomic E-state index is 3.74. The molecule has 3 fully saturated rings. The maximum Gasteiger partial charge on any atom is 0.0252 e. The molecule has 2 heterocycles. The average molecular weight is 222 g/mol. The van der Waals surface area contributed by atoms with Gasteiger partial charge in [0.1, 0.15) is 0 Å². The van der Waals surface area contributed by atoms with Crippen LogP contribution >= 0.6 is 0 Å². The molecule has 0 aromatic carbocycles. The number of likely N-dealkylation sites (tertiary alicyclic amines) is 1. The number of rotatable bonds is 2. The lowest BCUT2D eigenvalue weighted by Gasteiger charge is -2.43. The van der Waals surface area contributed by atoms with E-state index < -0.39 is 0 Å². The molecule has 1 N–H and O–H groups in total. The molecule has 3 rings (SSSR count). The minimum atomic E-state index is 0.820. The van der Waals surface area contributed by atoms with Crippen LogP contribution in [0.2, 0.25) is 0 Å². The summed E-state index contributed by atoms with van der Waals surface area (Å²) in [6.45, 7) is 2.65. The van der Waals surface area contributed by atoms with Crippen LogP contribution in [0.5, 0.6) is 0 Å². The quantitative estimate of drug-likeness (QED) is 0.772. The highest BCUT2D eigenvalue weighted by Crippen LogP contribution is 2.32. The molecule has 0 aromatic rings. The third-order valence-corrected chi connectivity index (χ3v) is 4.95. The number of nitrogens with one attached hydrogen (secondary N) is 1. The summed E-state index contributed by atoms with van der Waals surface area (Å²) >= 11 is 0. The van der Waals surface area contributed by atoms with Gasteiger partial charge < -0.3 is 5.32 Å². The van der Waals surface area contributed by atoms with Crippen LogP contribution in [0.25, 0.3) is 0 Å². The third-order valence-electron chi connectivity index (χ3n) is 4.95. The Kier molecular flexibility index (Phi) is 3.49. The largest absolute Gasteiger partial charge is 0.312 e. The normalized spacial score (nSPS) is 38.2. The van der Waals surface area contributed by atoms with Gasteiger partial charge in [-0.15, -0.1) is 0 Å². The van der Waals surface area contributed by atoms with Gasteiger partial charge in [0.25, 0.3) is 0 Å². The second kappa shape index (κ2) is 5.05. The van der Waals surface area contributed by atoms with Crippen LogP contribution in [-0.4, -0.2) is 36.1 Å². The fraction of sp³-hybridized carbons (Fsp3) is 1.00. The van der Waals surface area contributed by atoms with Gasteiger partial charge in [-0.25, -0.2) is 0 Å². The zero-order valence-electron chi connectivity index (χ0n) is 10.5. The predicted molar refractivity (Wildman–Crippen MR) is 67.6 cm³/mol. The summed E-state index contributed by atoms with van der Waals surface area (Å²) in [5.74, 6) is 0. The fourth-order valence-corrected chi connectivity index (χ4v) is 4.14. The summed E-state index contributed by atoms with van der Waals surface area (Å²) in [4.78, 5) is 2.89. The smallest absolute Gasteiger partial charge is 0.0252 e. The molecular formula is C14H26N2. The van der Waals surface area contributed by atoms with Gasteiger partial charge >= 0.3 is 0 Å². The molecule has 16 heavy (non-hydrogen) atoms. The Hall–Kier alpha value is -0.0800. The molecule has 0 amide bonds. The second-order valence-corrected chi connectivity index (χ2v) is 5.94. The maximum absolute atomic E-state index is 3.74. The SMILES string of the molecule is C1CNC(C2CCCCN2C2CCCC2)C1. The summed E-state index contributed by atoms with van der Waals surface area (Å²) in [6.07, 6.45) is 13.1. The molecule has 1 saturated carbocycles. The molecular weight excluding hydrogens is 196 g/mol. The molecule has 0 radical (unpaired) electrons. The van der Waals surface area contributed by atoms with Gasteiger partial charge in [0.05, 0.1) is 0 Å². The minimum Gasteiger partial charge on any atom is -0.312 e. The minimum absolute atomic E-state index is 0.820. The molecule has 0 spiro atoms. The van der Waals surface area contributed by atoms with Crippen molar-refractivity contribution < 1.29 is 0 Å². The van der Waals surface area contributed by atoms with Crippen LogP contribution in [0.15, 0.2) is 0 Å². The third kappa shape index (κ3) is 2.14. The van der Waals surface area contributed by atoms with Crippen molar-refractivity contribution in [1.29, 1.82) is 0 Å². The van der Waals surface area contributed by atoms with Crippen LogP contribution < -0.4 is 5.32 Å². The van der Waals surface area contributed by atoms with E-state index in [0.29, 0.717) is 0 Å². The summed E-state index contributed by atoms with van der Waals surface area (Å²) in [6, 6.07) is 2.63. The van der Waals surface area contributed by atoms with Crippen molar-refractivity contribution in [2.75, 3.05) is 13.1 Å². The Morgan fingerprint density at radius 2 is 1.62 bits per heavy atom. The summed E-state index contributed by atoms with van der Waals surface area (Å²) < 4.78 is 0. The van der Waals surface area contributed by atoms with Gasteiger partial charge in [0, 0.05) is 18.1 Å². The van der Waals surface area contributed by atoms with Crippen molar-refractivity contribution in [1.82, 2.24) is 10.2 Å². The summed E-state index contributed by atoms with van der Waals surface area (Å²) in [5, 5.41) is 3.74. The Bertz CT molecular complexity index is 193. The topological polar surface area (TPSA) is 15.3 Å². The Morgan fingerprint density at radius 1 is 0.812 bits per heavy atom. The van der Waals surface area contributed by atoms with Crippen molar-refractivity contribution in [3.05, 3.63) is 0 Å². The van der Waals surface area contributed by atoms with Crippen LogP contribution in [0.4, 0.5) is 0 Å². The van der Waals surface area contributed by atoms with E-state index in [1.54, 1.807) is 0 Å². The van der Waals surface area contributed by atoms with Crippen molar-refractivity contribution in [3.63, 3.8) is 0 Å². The molecule has 2 heteroatoms. The molecule has 2 unspecified atom stereocenters. The fourth-order valence-electron chi connectivity index (χ4n) is 4.14.